The molecule has 0 unspecified atom stereocenters. The molecule has 0 bridgehead atoms. The van der Waals surface area contributed by atoms with Crippen LogP contribution < -0.4 is 5.32 Å². The molecular formula is C23H22N4OS. The van der Waals surface area contributed by atoms with Gasteiger partial charge in [-0.1, -0.05) is 60.3 Å². The molecule has 0 saturated heterocycles. The molecule has 0 aliphatic heterocycles. The van der Waals surface area contributed by atoms with Gasteiger partial charge in [0.2, 0.25) is 5.91 Å². The number of nitrogens with one attached hydrogen (secondary N) is 1. The fraction of sp³-hybridized carbons (Fsp3) is 0.174. The van der Waals surface area contributed by atoms with E-state index in [4.69, 9.17) is 0 Å². The van der Waals surface area contributed by atoms with E-state index in [1.807, 2.05) is 54.8 Å². The molecule has 5 nitrogen and oxygen atoms in total. The minimum absolute atomic E-state index is 0.0646. The molecule has 0 spiro atoms. The SMILES string of the molecule is Cc1ccccc1NC(=O)CSc1nnc(C)n1-c1ccc(C)c2ccccc12. The molecular weight excluding hydrogens is 380 g/mol. The fourth-order valence-corrected chi connectivity index (χ4v) is 4.16. The Kier molecular flexibility index (Phi) is 5.36. The second-order valence-corrected chi connectivity index (χ2v) is 7.91. The highest BCUT2D eigenvalue weighted by Gasteiger charge is 2.16. The summed E-state index contributed by atoms with van der Waals surface area (Å²) < 4.78 is 2.02. The molecule has 4 rings (SSSR count). The molecule has 1 N–H and O–H groups in total. The molecule has 1 aromatic heterocycles. The van der Waals surface area contributed by atoms with Crippen molar-refractivity contribution in [2.24, 2.45) is 0 Å². The van der Waals surface area contributed by atoms with E-state index >= 15 is 0 Å². The van der Waals surface area contributed by atoms with Gasteiger partial charge in [0, 0.05) is 11.1 Å². The second-order valence-electron chi connectivity index (χ2n) is 6.96. The number of amides is 1. The molecule has 1 amide bonds. The molecule has 0 radical (unpaired) electrons. The van der Waals surface area contributed by atoms with Crippen LogP contribution in [-0.4, -0.2) is 26.4 Å². The zero-order valence-electron chi connectivity index (χ0n) is 16.6. The van der Waals surface area contributed by atoms with E-state index in [0.717, 1.165) is 28.1 Å². The third-order valence-electron chi connectivity index (χ3n) is 4.91. The molecule has 0 aliphatic carbocycles. The van der Waals surface area contributed by atoms with Crippen LogP contribution in [0.25, 0.3) is 16.5 Å². The molecule has 6 heteroatoms. The topological polar surface area (TPSA) is 59.8 Å². The van der Waals surface area contributed by atoms with Gasteiger partial charge in [0.15, 0.2) is 5.16 Å². The molecule has 4 aromatic rings. The third-order valence-corrected chi connectivity index (χ3v) is 5.84. The summed E-state index contributed by atoms with van der Waals surface area (Å²) in [5, 5.41) is 14.6. The first-order valence-corrected chi connectivity index (χ1v) is 10.4. The lowest BCUT2D eigenvalue weighted by Crippen LogP contribution is -2.15. The number of anilines is 1. The van der Waals surface area contributed by atoms with E-state index in [9.17, 15) is 4.79 Å². The van der Waals surface area contributed by atoms with Crippen LogP contribution in [0.3, 0.4) is 0 Å². The summed E-state index contributed by atoms with van der Waals surface area (Å²) >= 11 is 1.39. The summed E-state index contributed by atoms with van der Waals surface area (Å²) in [6.07, 6.45) is 0. The zero-order chi connectivity index (χ0) is 20.4. The highest BCUT2D eigenvalue weighted by atomic mass is 32.2. The maximum absolute atomic E-state index is 12.5. The van der Waals surface area contributed by atoms with E-state index in [2.05, 4.69) is 46.7 Å². The minimum Gasteiger partial charge on any atom is -0.325 e. The predicted octanol–water partition coefficient (Wildman–Crippen LogP) is 5.08. The lowest BCUT2D eigenvalue weighted by molar-refractivity contribution is -0.113. The Morgan fingerprint density at radius 1 is 0.897 bits per heavy atom. The molecule has 146 valence electrons. The van der Waals surface area contributed by atoms with Crippen LogP contribution in [0.5, 0.6) is 0 Å². The van der Waals surface area contributed by atoms with E-state index in [1.54, 1.807) is 0 Å². The number of benzene rings is 3. The standard InChI is InChI=1S/C23H22N4OS/c1-15-12-13-21(19-10-6-5-9-18(15)19)27-17(3)25-26-23(27)29-14-22(28)24-20-11-7-4-8-16(20)2/h4-13H,14H2,1-3H3,(H,24,28). The Labute approximate surface area is 174 Å². The summed E-state index contributed by atoms with van der Waals surface area (Å²) in [5.41, 5.74) is 4.12. The summed E-state index contributed by atoms with van der Waals surface area (Å²) in [4.78, 5) is 12.5. The van der Waals surface area contributed by atoms with Gasteiger partial charge in [-0.25, -0.2) is 0 Å². The van der Waals surface area contributed by atoms with Gasteiger partial charge in [0.25, 0.3) is 0 Å². The average Bonchev–Trinajstić information content (AvgIpc) is 3.09. The summed E-state index contributed by atoms with van der Waals surface area (Å²) in [5.74, 6) is 0.988. The van der Waals surface area contributed by atoms with Crippen LogP contribution in [-0.2, 0) is 4.79 Å². The summed E-state index contributed by atoms with van der Waals surface area (Å²) in [6, 6.07) is 20.3. The number of para-hydroxylation sites is 1. The van der Waals surface area contributed by atoms with Gasteiger partial charge in [-0.3, -0.25) is 9.36 Å². The van der Waals surface area contributed by atoms with Gasteiger partial charge < -0.3 is 5.32 Å². The molecule has 1 heterocycles. The summed E-state index contributed by atoms with van der Waals surface area (Å²) in [7, 11) is 0. The number of rotatable bonds is 5. The first-order chi connectivity index (χ1) is 14.0. The lowest BCUT2D eigenvalue weighted by atomic mass is 10.0. The maximum atomic E-state index is 12.5. The first kappa shape index (κ1) is 19.2. The monoisotopic (exact) mass is 402 g/mol. The van der Waals surface area contributed by atoms with Crippen LogP contribution in [0.1, 0.15) is 17.0 Å². The van der Waals surface area contributed by atoms with Crippen molar-refractivity contribution in [2.45, 2.75) is 25.9 Å². The smallest absolute Gasteiger partial charge is 0.234 e. The lowest BCUT2D eigenvalue weighted by Gasteiger charge is -2.13. The molecule has 3 aromatic carbocycles. The quantitative estimate of drug-likeness (QED) is 0.473. The van der Waals surface area contributed by atoms with Gasteiger partial charge in [-0.2, -0.15) is 0 Å². The van der Waals surface area contributed by atoms with Crippen molar-refractivity contribution >= 4 is 34.1 Å². The van der Waals surface area contributed by atoms with E-state index in [-0.39, 0.29) is 11.7 Å². The van der Waals surface area contributed by atoms with Gasteiger partial charge in [0.1, 0.15) is 5.82 Å². The average molecular weight is 403 g/mol. The van der Waals surface area contributed by atoms with Gasteiger partial charge in [-0.05, 0) is 49.4 Å². The third kappa shape index (κ3) is 3.89. The number of nitrogens with zero attached hydrogens (tertiary/aromatic N) is 3. The van der Waals surface area contributed by atoms with Crippen molar-refractivity contribution in [2.75, 3.05) is 11.1 Å². The molecule has 0 aliphatic rings. The number of aryl methyl sites for hydroxylation is 3. The Bertz CT molecular complexity index is 1200. The number of thioether (sulfide) groups is 1. The van der Waals surface area contributed by atoms with Crippen molar-refractivity contribution < 1.29 is 4.79 Å². The van der Waals surface area contributed by atoms with Crippen molar-refractivity contribution in [1.29, 1.82) is 0 Å². The fourth-order valence-electron chi connectivity index (χ4n) is 3.37. The molecule has 0 saturated carbocycles. The Balaban J connectivity index is 1.60. The highest BCUT2D eigenvalue weighted by molar-refractivity contribution is 7.99. The highest BCUT2D eigenvalue weighted by Crippen LogP contribution is 2.29. The van der Waals surface area contributed by atoms with Crippen molar-refractivity contribution in [1.82, 2.24) is 14.8 Å². The Morgan fingerprint density at radius 3 is 2.41 bits per heavy atom. The number of aromatic nitrogens is 3. The van der Waals surface area contributed by atoms with Crippen molar-refractivity contribution in [3.63, 3.8) is 0 Å². The van der Waals surface area contributed by atoms with Gasteiger partial charge >= 0.3 is 0 Å². The largest absolute Gasteiger partial charge is 0.325 e. The van der Waals surface area contributed by atoms with E-state index in [1.165, 1.54) is 22.7 Å². The van der Waals surface area contributed by atoms with Crippen LogP contribution in [0.15, 0.2) is 65.8 Å². The second kappa shape index (κ2) is 8.09. The molecule has 29 heavy (non-hydrogen) atoms. The number of hydrogen-bond donors (Lipinski definition) is 1. The molecule has 0 atom stereocenters. The first-order valence-electron chi connectivity index (χ1n) is 9.43. The Morgan fingerprint density at radius 2 is 1.62 bits per heavy atom. The van der Waals surface area contributed by atoms with Crippen LogP contribution in [0, 0.1) is 20.8 Å². The minimum atomic E-state index is -0.0646. The summed E-state index contributed by atoms with van der Waals surface area (Å²) in [6.45, 7) is 6.01. The maximum Gasteiger partial charge on any atom is 0.234 e. The van der Waals surface area contributed by atoms with Crippen LogP contribution in [0.2, 0.25) is 0 Å². The van der Waals surface area contributed by atoms with Crippen molar-refractivity contribution in [3.05, 3.63) is 77.6 Å². The number of hydrogen-bond acceptors (Lipinski definition) is 4. The van der Waals surface area contributed by atoms with E-state index in [0.29, 0.717) is 5.16 Å². The zero-order valence-corrected chi connectivity index (χ0v) is 17.5. The van der Waals surface area contributed by atoms with Gasteiger partial charge in [-0.15, -0.1) is 10.2 Å². The predicted molar refractivity (Wildman–Crippen MR) is 119 cm³/mol. The Hall–Kier alpha value is -3.12. The molecule has 0 fully saturated rings. The van der Waals surface area contributed by atoms with Crippen LogP contribution >= 0.6 is 11.8 Å². The van der Waals surface area contributed by atoms with Crippen LogP contribution in [0.4, 0.5) is 5.69 Å². The number of carbonyl (C=O) groups excluding carboxylic acids is 1. The van der Waals surface area contributed by atoms with E-state index < -0.39 is 0 Å². The van der Waals surface area contributed by atoms with Crippen molar-refractivity contribution in [3.8, 4) is 5.69 Å². The number of carbonyl (C=O) groups is 1. The van der Waals surface area contributed by atoms with Gasteiger partial charge in [0.05, 0.1) is 11.4 Å². The normalized spacial score (nSPS) is 11.0. The number of fused-ring (bicyclic) bond motifs is 1.